The van der Waals surface area contributed by atoms with Crippen LogP contribution in [0.3, 0.4) is 0 Å². The third kappa shape index (κ3) is 6.63. The van der Waals surface area contributed by atoms with Crippen molar-refractivity contribution in [3.8, 4) is 11.1 Å². The van der Waals surface area contributed by atoms with Gasteiger partial charge < -0.3 is 25.4 Å². The zero-order chi connectivity index (χ0) is 28.9. The Labute approximate surface area is 235 Å². The molecule has 7 nitrogen and oxygen atoms in total. The molecule has 1 saturated heterocycles. The number of alkyl carbamates (subject to hydrolysis) is 1. The van der Waals surface area contributed by atoms with Gasteiger partial charge in [0.15, 0.2) is 0 Å². The molecule has 9 heteroatoms. The number of ether oxygens (including phenoxy) is 1. The van der Waals surface area contributed by atoms with E-state index in [1.165, 1.54) is 25.3 Å². The Morgan fingerprint density at radius 1 is 1.18 bits per heavy atom. The van der Waals surface area contributed by atoms with Crippen LogP contribution in [0.25, 0.3) is 11.1 Å². The van der Waals surface area contributed by atoms with Crippen LogP contribution in [0.5, 0.6) is 0 Å². The lowest BCUT2D eigenvalue weighted by Crippen LogP contribution is -2.50. The summed E-state index contributed by atoms with van der Waals surface area (Å²) in [4.78, 5) is 27.0. The number of piperidine rings is 1. The Morgan fingerprint density at radius 3 is 2.67 bits per heavy atom. The molecular weight excluding hydrogens is 516 g/mol. The average Bonchev–Trinajstić information content (AvgIpc) is 3.43. The smallest absolute Gasteiger partial charge is 0.406 e. The maximum absolute atomic E-state index is 15.5. The van der Waals surface area contributed by atoms with Crippen molar-refractivity contribution >= 4 is 12.0 Å². The second-order valence-corrected chi connectivity index (χ2v) is 11.2. The third-order valence-corrected chi connectivity index (χ3v) is 8.60. The average molecular weight is 558 g/mol. The van der Waals surface area contributed by atoms with E-state index < -0.39 is 23.3 Å². The highest BCUT2D eigenvalue weighted by Crippen LogP contribution is 2.45. The maximum Gasteiger partial charge on any atom is 0.406 e. The van der Waals surface area contributed by atoms with Crippen molar-refractivity contribution in [2.75, 3.05) is 33.8 Å². The molecule has 2 fully saturated rings. The van der Waals surface area contributed by atoms with E-state index >= 15 is 4.39 Å². The molecule has 40 heavy (non-hydrogen) atoms. The summed E-state index contributed by atoms with van der Waals surface area (Å²) in [6.45, 7) is 2.96. The molecule has 0 bridgehead atoms. The molecule has 2 amide bonds. The first kappa shape index (κ1) is 29.9. The fourth-order valence-electron chi connectivity index (χ4n) is 6.53. The number of hydrogen-bond donors (Lipinski definition) is 3. The molecule has 0 radical (unpaired) electrons. The molecule has 1 heterocycles. The van der Waals surface area contributed by atoms with Gasteiger partial charge in [-0.3, -0.25) is 4.79 Å². The van der Waals surface area contributed by atoms with Crippen LogP contribution in [0.1, 0.15) is 56.1 Å². The summed E-state index contributed by atoms with van der Waals surface area (Å²) in [7, 11) is 3.20. The van der Waals surface area contributed by atoms with Crippen molar-refractivity contribution in [2.45, 2.75) is 63.5 Å². The predicted octanol–water partition coefficient (Wildman–Crippen LogP) is 4.89. The molecule has 1 aliphatic carbocycles. The molecule has 3 N–H and O–H groups in total. The molecule has 4 atom stereocenters. The molecule has 1 aliphatic heterocycles. The number of carbonyl (C=O) groups is 2. The standard InChI is InChI=1S/C31H41F2N3O4/c1-20-15-22(17-24(32)16-20)28-26(8-4-9-27(28)33)31(39,12-6-13-35-30(38)40-3)23-7-5-14-36(19-23)29(37)21-10-11-25(18-21)34-2/h4,8-9,15-17,21,23,25,34,39H,5-7,10-14,18-19H2,1-3H3,(H,35,38)/t21-,23?,25-,31+/m1/s1. The highest BCUT2D eigenvalue weighted by Gasteiger charge is 2.44. The highest BCUT2D eigenvalue weighted by atomic mass is 19.1. The van der Waals surface area contributed by atoms with Gasteiger partial charge in [0.1, 0.15) is 11.6 Å². The van der Waals surface area contributed by atoms with Gasteiger partial charge in [0.2, 0.25) is 5.91 Å². The number of methoxy groups -OCH3 is 1. The maximum atomic E-state index is 15.5. The number of likely N-dealkylation sites (tertiary alicyclic amines) is 1. The lowest BCUT2D eigenvalue weighted by Gasteiger charge is -2.44. The summed E-state index contributed by atoms with van der Waals surface area (Å²) >= 11 is 0. The number of amides is 2. The summed E-state index contributed by atoms with van der Waals surface area (Å²) in [5.41, 5.74) is -0.0153. The van der Waals surface area contributed by atoms with Gasteiger partial charge in [-0.1, -0.05) is 18.2 Å². The van der Waals surface area contributed by atoms with Crippen molar-refractivity contribution < 1.29 is 28.2 Å². The van der Waals surface area contributed by atoms with Crippen LogP contribution in [0, 0.1) is 30.4 Å². The van der Waals surface area contributed by atoms with Crippen LogP contribution in [0.2, 0.25) is 0 Å². The van der Waals surface area contributed by atoms with Gasteiger partial charge in [-0.05, 0) is 93.8 Å². The SMILES string of the molecule is CN[C@@H]1CC[C@@H](C(=O)N2CCCC([C@@](O)(CCCNC(=O)OC)c3cccc(F)c3-c3cc(C)cc(F)c3)C2)C1. The number of benzene rings is 2. The Hall–Kier alpha value is -3.04. The molecule has 1 saturated carbocycles. The van der Waals surface area contributed by atoms with Gasteiger partial charge in [-0.25, -0.2) is 13.6 Å². The van der Waals surface area contributed by atoms with E-state index in [9.17, 15) is 19.1 Å². The number of nitrogens with zero attached hydrogens (tertiary/aromatic N) is 1. The Kier molecular flexibility index (Phi) is 9.79. The van der Waals surface area contributed by atoms with Gasteiger partial charge in [0, 0.05) is 43.1 Å². The fourth-order valence-corrected chi connectivity index (χ4v) is 6.53. The van der Waals surface area contributed by atoms with Crippen molar-refractivity contribution in [2.24, 2.45) is 11.8 Å². The first-order valence-corrected chi connectivity index (χ1v) is 14.2. The summed E-state index contributed by atoms with van der Waals surface area (Å²) < 4.78 is 34.6. The number of hydrogen-bond acceptors (Lipinski definition) is 5. The Bertz CT molecular complexity index is 1190. The molecule has 218 valence electrons. The molecule has 2 aromatic rings. The minimum absolute atomic E-state index is 0.0476. The van der Waals surface area contributed by atoms with Crippen LogP contribution in [0.15, 0.2) is 36.4 Å². The highest BCUT2D eigenvalue weighted by molar-refractivity contribution is 5.79. The van der Waals surface area contributed by atoms with E-state index in [-0.39, 0.29) is 36.3 Å². The number of aliphatic hydroxyl groups is 1. The van der Waals surface area contributed by atoms with E-state index in [4.69, 9.17) is 0 Å². The summed E-state index contributed by atoms with van der Waals surface area (Å²) in [6, 6.07) is 9.26. The first-order valence-electron chi connectivity index (χ1n) is 14.2. The molecule has 0 aromatic heterocycles. The summed E-state index contributed by atoms with van der Waals surface area (Å²) in [5, 5.41) is 18.4. The largest absolute Gasteiger partial charge is 0.453 e. The quantitative estimate of drug-likeness (QED) is 0.382. The number of halogens is 2. The van der Waals surface area contributed by atoms with Gasteiger partial charge in [-0.15, -0.1) is 0 Å². The third-order valence-electron chi connectivity index (χ3n) is 8.60. The molecule has 2 aliphatic rings. The van der Waals surface area contributed by atoms with E-state index in [0.29, 0.717) is 55.1 Å². The van der Waals surface area contributed by atoms with Crippen LogP contribution < -0.4 is 10.6 Å². The number of aryl methyl sites for hydroxylation is 1. The zero-order valence-corrected chi connectivity index (χ0v) is 23.6. The van der Waals surface area contributed by atoms with Crippen LogP contribution in [0.4, 0.5) is 13.6 Å². The Morgan fingerprint density at radius 2 is 1.98 bits per heavy atom. The number of nitrogens with one attached hydrogen (secondary N) is 2. The number of carbonyl (C=O) groups excluding carboxylic acids is 2. The van der Waals surface area contributed by atoms with Gasteiger partial charge in [-0.2, -0.15) is 0 Å². The van der Waals surface area contributed by atoms with Gasteiger partial charge >= 0.3 is 6.09 Å². The monoisotopic (exact) mass is 557 g/mol. The second-order valence-electron chi connectivity index (χ2n) is 11.2. The van der Waals surface area contributed by atoms with E-state index in [0.717, 1.165) is 19.3 Å². The minimum Gasteiger partial charge on any atom is -0.453 e. The zero-order valence-electron chi connectivity index (χ0n) is 23.6. The lowest BCUT2D eigenvalue weighted by molar-refractivity contribution is -0.140. The van der Waals surface area contributed by atoms with E-state index in [2.05, 4.69) is 15.4 Å². The van der Waals surface area contributed by atoms with Crippen molar-refractivity contribution in [3.05, 3.63) is 59.2 Å². The molecule has 2 aromatic carbocycles. The van der Waals surface area contributed by atoms with Crippen molar-refractivity contribution in [1.29, 1.82) is 0 Å². The fraction of sp³-hybridized carbons (Fsp3) is 0.548. The van der Waals surface area contributed by atoms with E-state index in [1.54, 1.807) is 25.1 Å². The van der Waals surface area contributed by atoms with Crippen LogP contribution in [-0.2, 0) is 15.1 Å². The molecular formula is C31H41F2N3O4. The minimum atomic E-state index is -1.53. The summed E-state index contributed by atoms with van der Waals surface area (Å²) in [5.74, 6) is -1.35. The molecule has 0 spiro atoms. The topological polar surface area (TPSA) is 90.9 Å². The summed E-state index contributed by atoms with van der Waals surface area (Å²) in [6.07, 6.45) is 3.98. The van der Waals surface area contributed by atoms with Gasteiger partial charge in [0.25, 0.3) is 0 Å². The van der Waals surface area contributed by atoms with Crippen molar-refractivity contribution in [1.82, 2.24) is 15.5 Å². The lowest BCUT2D eigenvalue weighted by atomic mass is 9.72. The predicted molar refractivity (Wildman–Crippen MR) is 150 cm³/mol. The number of rotatable bonds is 9. The van der Waals surface area contributed by atoms with Gasteiger partial charge in [0.05, 0.1) is 12.7 Å². The first-order chi connectivity index (χ1) is 19.2. The second kappa shape index (κ2) is 13.1. The Balaban J connectivity index is 1.68. The molecule has 1 unspecified atom stereocenters. The normalized spacial score (nSPS) is 22.6. The van der Waals surface area contributed by atoms with Crippen molar-refractivity contribution in [3.63, 3.8) is 0 Å². The molecule has 4 rings (SSSR count). The van der Waals surface area contributed by atoms with Crippen LogP contribution in [-0.4, -0.2) is 61.8 Å². The van der Waals surface area contributed by atoms with E-state index in [1.807, 2.05) is 11.9 Å². The van der Waals surface area contributed by atoms with Crippen LogP contribution >= 0.6 is 0 Å².